The Balaban J connectivity index is 1.24. The minimum Gasteiger partial charge on any atom is -0.353 e. The summed E-state index contributed by atoms with van der Waals surface area (Å²) < 4.78 is 17.2. The van der Waals surface area contributed by atoms with Crippen molar-refractivity contribution in [2.24, 2.45) is 0 Å². The van der Waals surface area contributed by atoms with Crippen molar-refractivity contribution in [3.63, 3.8) is 0 Å². The van der Waals surface area contributed by atoms with Gasteiger partial charge in [0.05, 0.1) is 17.0 Å². The van der Waals surface area contributed by atoms with Gasteiger partial charge in [0.15, 0.2) is 0 Å². The summed E-state index contributed by atoms with van der Waals surface area (Å²) >= 11 is 7.96. The third kappa shape index (κ3) is 5.00. The first-order valence-corrected chi connectivity index (χ1v) is 15.9. The molecule has 3 fully saturated rings. The highest BCUT2D eigenvalue weighted by Crippen LogP contribution is 2.42. The van der Waals surface area contributed by atoms with Crippen molar-refractivity contribution in [2.45, 2.75) is 87.7 Å². The summed E-state index contributed by atoms with van der Waals surface area (Å²) in [6.07, 6.45) is 8.84. The van der Waals surface area contributed by atoms with Crippen LogP contribution in [0.1, 0.15) is 81.9 Å². The predicted octanol–water partition coefficient (Wildman–Crippen LogP) is 5.53. The third-order valence-corrected chi connectivity index (χ3v) is 10.5. The van der Waals surface area contributed by atoms with E-state index < -0.39 is 16.8 Å². The van der Waals surface area contributed by atoms with Gasteiger partial charge in [0.1, 0.15) is 11.5 Å². The summed E-state index contributed by atoms with van der Waals surface area (Å²) in [6.45, 7) is 0. The van der Waals surface area contributed by atoms with Crippen molar-refractivity contribution >= 4 is 40.3 Å². The first kappa shape index (κ1) is 27.5. The van der Waals surface area contributed by atoms with Gasteiger partial charge in [-0.1, -0.05) is 36.6 Å². The molecule has 0 spiro atoms. The molecule has 2 aromatic heterocycles. The Morgan fingerprint density at radius 3 is 2.30 bits per heavy atom. The molecule has 2 aliphatic carbocycles. The fraction of sp³-hybridized carbons (Fsp3) is 0.533. The number of carbonyl (C=O) groups is 1. The number of thioether (sulfide) groups is 1. The Kier molecular flexibility index (Phi) is 7.79. The number of nitrogens with one attached hydrogen (secondary N) is 1. The number of nitrogens with zero attached hydrogens (tertiary/aromatic N) is 3. The second kappa shape index (κ2) is 11.3. The molecule has 0 atom stereocenters. The molecule has 1 aromatic carbocycles. The standard InChI is InChI=1S/C30H34ClFN4O3S/c31-20-5-3-19(4-6-20)30(13-1-2-14-30)28(38)34-22-7-9-23(10-8-22)36-27(37)25-17-21(32)18-33-26(25)35(29(36)39)24-11-15-40-16-12-24/h3-6,17-18,22-24H,1-2,7-16H2,(H,34,38). The van der Waals surface area contributed by atoms with E-state index in [0.29, 0.717) is 30.7 Å². The zero-order valence-corrected chi connectivity index (χ0v) is 24.0. The monoisotopic (exact) mass is 584 g/mol. The van der Waals surface area contributed by atoms with Gasteiger partial charge in [0.25, 0.3) is 5.56 Å². The quantitative estimate of drug-likeness (QED) is 0.426. The molecule has 0 unspecified atom stereocenters. The number of hydrogen-bond acceptors (Lipinski definition) is 5. The lowest BCUT2D eigenvalue weighted by Gasteiger charge is -2.35. The van der Waals surface area contributed by atoms with Crippen molar-refractivity contribution in [2.75, 3.05) is 11.5 Å². The summed E-state index contributed by atoms with van der Waals surface area (Å²) in [5, 5.41) is 4.12. The van der Waals surface area contributed by atoms with Crippen LogP contribution in [0.3, 0.4) is 0 Å². The van der Waals surface area contributed by atoms with E-state index in [9.17, 15) is 18.8 Å². The van der Waals surface area contributed by atoms with Crippen LogP contribution >= 0.6 is 23.4 Å². The lowest BCUT2D eigenvalue weighted by Crippen LogP contribution is -2.49. The fourth-order valence-corrected chi connectivity index (χ4v) is 8.20. The van der Waals surface area contributed by atoms with Crippen LogP contribution in [-0.4, -0.2) is 37.6 Å². The molecule has 10 heteroatoms. The topological polar surface area (TPSA) is 86.0 Å². The first-order valence-electron chi connectivity index (χ1n) is 14.3. The fourth-order valence-electron chi connectivity index (χ4n) is 7.00. The smallest absolute Gasteiger partial charge is 0.333 e. The van der Waals surface area contributed by atoms with Gasteiger partial charge in [-0.15, -0.1) is 0 Å². The van der Waals surface area contributed by atoms with Crippen LogP contribution in [0.5, 0.6) is 0 Å². The number of fused-ring (bicyclic) bond motifs is 1. The number of hydrogen-bond donors (Lipinski definition) is 1. The van der Waals surface area contributed by atoms with E-state index in [0.717, 1.165) is 61.8 Å². The molecule has 40 heavy (non-hydrogen) atoms. The molecule has 3 heterocycles. The maximum Gasteiger partial charge on any atom is 0.333 e. The summed E-state index contributed by atoms with van der Waals surface area (Å²) in [4.78, 5) is 45.3. The van der Waals surface area contributed by atoms with E-state index in [1.54, 1.807) is 4.57 Å². The maximum absolute atomic E-state index is 14.2. The number of benzene rings is 1. The van der Waals surface area contributed by atoms with E-state index in [1.807, 2.05) is 36.0 Å². The van der Waals surface area contributed by atoms with Crippen LogP contribution in [-0.2, 0) is 10.2 Å². The third-order valence-electron chi connectivity index (χ3n) is 9.16. The van der Waals surface area contributed by atoms with E-state index in [2.05, 4.69) is 10.3 Å². The highest BCUT2D eigenvalue weighted by molar-refractivity contribution is 7.99. The van der Waals surface area contributed by atoms with Crippen molar-refractivity contribution in [1.82, 2.24) is 19.4 Å². The van der Waals surface area contributed by atoms with Gasteiger partial charge in [-0.3, -0.25) is 18.7 Å². The molecule has 7 nitrogen and oxygen atoms in total. The molecule has 2 saturated carbocycles. The van der Waals surface area contributed by atoms with Gasteiger partial charge in [0, 0.05) is 23.1 Å². The molecule has 0 radical (unpaired) electrons. The number of carbonyl (C=O) groups excluding carboxylic acids is 1. The second-order valence-electron chi connectivity index (χ2n) is 11.5. The lowest BCUT2D eigenvalue weighted by molar-refractivity contribution is -0.127. The Morgan fingerprint density at radius 2 is 1.62 bits per heavy atom. The molecule has 1 N–H and O–H groups in total. The van der Waals surface area contributed by atoms with Gasteiger partial charge in [-0.2, -0.15) is 11.8 Å². The summed E-state index contributed by atoms with van der Waals surface area (Å²) in [7, 11) is 0. The van der Waals surface area contributed by atoms with Gasteiger partial charge in [-0.05, 0) is 86.6 Å². The Labute approximate surface area is 241 Å². The molecule has 1 saturated heterocycles. The predicted molar refractivity (Wildman–Crippen MR) is 157 cm³/mol. The zero-order valence-electron chi connectivity index (χ0n) is 22.4. The number of halogens is 2. The van der Waals surface area contributed by atoms with Crippen LogP contribution in [0, 0.1) is 5.82 Å². The Hall–Kier alpha value is -2.65. The average molecular weight is 585 g/mol. The van der Waals surface area contributed by atoms with Gasteiger partial charge >= 0.3 is 5.69 Å². The Morgan fingerprint density at radius 1 is 0.975 bits per heavy atom. The number of rotatable bonds is 5. The summed E-state index contributed by atoms with van der Waals surface area (Å²) in [6, 6.07) is 8.43. The molecule has 1 amide bonds. The highest BCUT2D eigenvalue weighted by Gasteiger charge is 2.43. The molecule has 3 aliphatic rings. The largest absolute Gasteiger partial charge is 0.353 e. The zero-order chi connectivity index (χ0) is 27.9. The molecular formula is C30H34ClFN4O3S. The maximum atomic E-state index is 14.2. The number of pyridine rings is 1. The SMILES string of the molecule is O=C(NC1CCC(n2c(=O)c3cc(F)cnc3n(C3CCSCC3)c2=O)CC1)C1(c2ccc(Cl)cc2)CCCC1. The minimum absolute atomic E-state index is 0.0265. The van der Waals surface area contributed by atoms with Gasteiger partial charge in [-0.25, -0.2) is 14.2 Å². The van der Waals surface area contributed by atoms with E-state index in [-0.39, 0.29) is 40.8 Å². The number of aromatic nitrogens is 3. The van der Waals surface area contributed by atoms with Crippen molar-refractivity contribution < 1.29 is 9.18 Å². The van der Waals surface area contributed by atoms with Crippen LogP contribution in [0.4, 0.5) is 4.39 Å². The molecule has 212 valence electrons. The molecule has 6 rings (SSSR count). The van der Waals surface area contributed by atoms with E-state index in [1.165, 1.54) is 10.6 Å². The van der Waals surface area contributed by atoms with Gasteiger partial charge in [0.2, 0.25) is 5.91 Å². The van der Waals surface area contributed by atoms with Crippen molar-refractivity contribution in [1.29, 1.82) is 0 Å². The van der Waals surface area contributed by atoms with Crippen molar-refractivity contribution in [3.8, 4) is 0 Å². The molecule has 0 bridgehead atoms. The minimum atomic E-state index is -0.589. The molecule has 3 aromatic rings. The van der Waals surface area contributed by atoms with Crippen molar-refractivity contribution in [3.05, 3.63) is 73.8 Å². The average Bonchev–Trinajstić information content (AvgIpc) is 3.47. The number of amides is 1. The van der Waals surface area contributed by atoms with Crippen LogP contribution in [0.15, 0.2) is 46.1 Å². The Bertz CT molecular complexity index is 1520. The van der Waals surface area contributed by atoms with Crippen LogP contribution < -0.4 is 16.6 Å². The van der Waals surface area contributed by atoms with Crippen LogP contribution in [0.25, 0.3) is 11.0 Å². The normalized spacial score (nSPS) is 23.4. The first-order chi connectivity index (χ1) is 19.4. The lowest BCUT2D eigenvalue weighted by atomic mass is 9.77. The van der Waals surface area contributed by atoms with Crippen LogP contribution in [0.2, 0.25) is 5.02 Å². The van der Waals surface area contributed by atoms with E-state index >= 15 is 0 Å². The van der Waals surface area contributed by atoms with Gasteiger partial charge < -0.3 is 5.32 Å². The molecular weight excluding hydrogens is 551 g/mol. The second-order valence-corrected chi connectivity index (χ2v) is 13.1. The summed E-state index contributed by atoms with van der Waals surface area (Å²) in [5.74, 6) is 1.33. The molecule has 1 aliphatic heterocycles. The highest BCUT2D eigenvalue weighted by atomic mass is 35.5. The summed E-state index contributed by atoms with van der Waals surface area (Å²) in [5.41, 5.74) is -0.0950. The van der Waals surface area contributed by atoms with E-state index in [4.69, 9.17) is 11.6 Å².